The summed E-state index contributed by atoms with van der Waals surface area (Å²) >= 11 is 0. The number of nitro groups is 1. The molecule has 0 bridgehead atoms. The molecule has 1 atom stereocenters. The topological polar surface area (TPSA) is 111 Å². The van der Waals surface area contributed by atoms with E-state index in [0.717, 1.165) is 0 Å². The minimum Gasteiger partial charge on any atom is -0.383 e. The summed E-state index contributed by atoms with van der Waals surface area (Å²) in [7, 11) is 1.57. The van der Waals surface area contributed by atoms with Crippen molar-refractivity contribution in [3.05, 3.63) is 33.9 Å². The molecule has 1 aromatic carbocycles. The second-order valence-electron chi connectivity index (χ2n) is 4.53. The normalized spacial score (nSPS) is 11.8. The fraction of sp³-hybridized carbons (Fsp3) is 0.462. The van der Waals surface area contributed by atoms with E-state index >= 15 is 0 Å². The third-order valence-corrected chi connectivity index (χ3v) is 3.14. The summed E-state index contributed by atoms with van der Waals surface area (Å²) < 4.78 is 5.05. The number of carbonyl (C=O) groups is 1. The second-order valence-corrected chi connectivity index (χ2v) is 4.53. The van der Waals surface area contributed by atoms with Crippen LogP contribution in [0.4, 0.5) is 11.4 Å². The predicted octanol–water partition coefficient (Wildman–Crippen LogP) is 1.38. The summed E-state index contributed by atoms with van der Waals surface area (Å²) in [5.41, 5.74) is 2.50. The van der Waals surface area contributed by atoms with Gasteiger partial charge in [0.15, 0.2) is 0 Å². The van der Waals surface area contributed by atoms with Gasteiger partial charge in [-0.25, -0.2) is 0 Å². The molecule has 0 saturated heterocycles. The van der Waals surface area contributed by atoms with Gasteiger partial charge in [0.2, 0.25) is 0 Å². The lowest BCUT2D eigenvalue weighted by atomic mass is 10.1. The molecule has 8 heteroatoms. The van der Waals surface area contributed by atoms with Gasteiger partial charge >= 0.3 is 0 Å². The summed E-state index contributed by atoms with van der Waals surface area (Å²) in [5.74, 6) is 5.05. The van der Waals surface area contributed by atoms with Crippen LogP contribution in [0.2, 0.25) is 0 Å². The molecular formula is C13H20N4O4. The van der Waals surface area contributed by atoms with Crippen LogP contribution < -0.4 is 11.3 Å². The van der Waals surface area contributed by atoms with Gasteiger partial charge in [0.25, 0.3) is 11.6 Å². The summed E-state index contributed by atoms with van der Waals surface area (Å²) in [4.78, 5) is 24.4. The summed E-state index contributed by atoms with van der Waals surface area (Å²) in [6.45, 7) is 4.65. The van der Waals surface area contributed by atoms with Gasteiger partial charge in [0.1, 0.15) is 5.69 Å². The molecule has 116 valence electrons. The molecule has 0 aliphatic carbocycles. The number of hydrazine groups is 1. The number of likely N-dealkylation sites (N-methyl/N-ethyl adjacent to an activating group) is 1. The fourth-order valence-corrected chi connectivity index (χ4v) is 2.10. The highest BCUT2D eigenvalue weighted by Gasteiger charge is 2.22. The minimum absolute atomic E-state index is 0.0984. The number of hydrogen-bond donors (Lipinski definition) is 2. The Hall–Kier alpha value is -2.19. The number of nitrogens with zero attached hydrogens (tertiary/aromatic N) is 2. The van der Waals surface area contributed by atoms with E-state index in [2.05, 4.69) is 5.43 Å². The average molecular weight is 296 g/mol. The van der Waals surface area contributed by atoms with Crippen LogP contribution in [0, 0.1) is 10.1 Å². The van der Waals surface area contributed by atoms with Gasteiger partial charge in [-0.2, -0.15) is 0 Å². The number of amides is 1. The first-order chi connectivity index (χ1) is 9.96. The van der Waals surface area contributed by atoms with E-state index < -0.39 is 4.92 Å². The Bertz CT molecular complexity index is 521. The number of nitrogens with two attached hydrogens (primary N) is 1. The maximum absolute atomic E-state index is 12.5. The molecule has 0 fully saturated rings. The molecule has 0 spiro atoms. The highest BCUT2D eigenvalue weighted by atomic mass is 16.6. The fourth-order valence-electron chi connectivity index (χ4n) is 2.10. The van der Waals surface area contributed by atoms with Gasteiger partial charge in [0, 0.05) is 25.3 Å². The molecule has 1 aromatic rings. The Kier molecular flexibility index (Phi) is 6.07. The number of ether oxygens (including phenoxy) is 1. The number of benzene rings is 1. The van der Waals surface area contributed by atoms with Crippen LogP contribution in [0.5, 0.6) is 0 Å². The molecule has 0 heterocycles. The van der Waals surface area contributed by atoms with Crippen LogP contribution in [-0.4, -0.2) is 42.0 Å². The number of nitrogen functional groups attached to an aromatic ring is 1. The predicted molar refractivity (Wildman–Crippen MR) is 79.0 cm³/mol. The van der Waals surface area contributed by atoms with Crippen LogP contribution in [0.3, 0.4) is 0 Å². The molecular weight excluding hydrogens is 276 g/mol. The van der Waals surface area contributed by atoms with Crippen molar-refractivity contribution in [2.75, 3.05) is 25.7 Å². The Morgan fingerprint density at radius 1 is 1.57 bits per heavy atom. The molecule has 21 heavy (non-hydrogen) atoms. The summed E-state index contributed by atoms with van der Waals surface area (Å²) in [6, 6.07) is 3.96. The zero-order chi connectivity index (χ0) is 16.0. The largest absolute Gasteiger partial charge is 0.383 e. The Morgan fingerprint density at radius 2 is 2.24 bits per heavy atom. The van der Waals surface area contributed by atoms with Crippen molar-refractivity contribution in [2.24, 2.45) is 5.84 Å². The molecule has 1 rings (SSSR count). The van der Waals surface area contributed by atoms with Crippen molar-refractivity contribution < 1.29 is 14.5 Å². The zero-order valence-corrected chi connectivity index (χ0v) is 12.3. The SMILES string of the molecule is CCN(C(=O)c1ccc([N+](=O)[O-])c(NN)c1)C(C)COC. The number of nitro benzene ring substituents is 1. The molecule has 1 unspecified atom stereocenters. The Morgan fingerprint density at radius 3 is 2.71 bits per heavy atom. The maximum atomic E-state index is 12.5. The number of carbonyl (C=O) groups excluding carboxylic acids is 1. The molecule has 0 aliphatic heterocycles. The van der Waals surface area contributed by atoms with Crippen LogP contribution in [0.25, 0.3) is 0 Å². The number of nitrogens with one attached hydrogen (secondary N) is 1. The molecule has 0 aliphatic rings. The average Bonchev–Trinajstić information content (AvgIpc) is 2.47. The van der Waals surface area contributed by atoms with Crippen LogP contribution in [-0.2, 0) is 4.74 Å². The van der Waals surface area contributed by atoms with Gasteiger partial charge < -0.3 is 15.1 Å². The number of anilines is 1. The number of rotatable bonds is 7. The molecule has 8 nitrogen and oxygen atoms in total. The lowest BCUT2D eigenvalue weighted by Crippen LogP contribution is -2.40. The smallest absolute Gasteiger partial charge is 0.293 e. The van der Waals surface area contributed by atoms with E-state index in [1.54, 1.807) is 12.0 Å². The van der Waals surface area contributed by atoms with Crippen molar-refractivity contribution in [2.45, 2.75) is 19.9 Å². The monoisotopic (exact) mass is 296 g/mol. The number of hydrogen-bond acceptors (Lipinski definition) is 6. The van der Waals surface area contributed by atoms with Gasteiger partial charge in [-0.1, -0.05) is 0 Å². The zero-order valence-electron chi connectivity index (χ0n) is 12.3. The van der Waals surface area contributed by atoms with Crippen LogP contribution >= 0.6 is 0 Å². The van der Waals surface area contributed by atoms with E-state index in [1.807, 2.05) is 13.8 Å². The summed E-state index contributed by atoms with van der Waals surface area (Å²) in [6.07, 6.45) is 0. The van der Waals surface area contributed by atoms with E-state index in [0.29, 0.717) is 18.7 Å². The maximum Gasteiger partial charge on any atom is 0.293 e. The highest BCUT2D eigenvalue weighted by Crippen LogP contribution is 2.25. The molecule has 0 saturated carbocycles. The van der Waals surface area contributed by atoms with Crippen molar-refractivity contribution in [1.29, 1.82) is 0 Å². The van der Waals surface area contributed by atoms with Gasteiger partial charge in [-0.15, -0.1) is 0 Å². The van der Waals surface area contributed by atoms with Crippen LogP contribution in [0.15, 0.2) is 18.2 Å². The highest BCUT2D eigenvalue weighted by molar-refractivity contribution is 5.96. The molecule has 1 amide bonds. The lowest BCUT2D eigenvalue weighted by molar-refractivity contribution is -0.384. The van der Waals surface area contributed by atoms with Gasteiger partial charge in [-0.3, -0.25) is 20.8 Å². The van der Waals surface area contributed by atoms with Crippen molar-refractivity contribution in [1.82, 2.24) is 4.90 Å². The molecule has 0 radical (unpaired) electrons. The first kappa shape index (κ1) is 16.9. The van der Waals surface area contributed by atoms with E-state index in [4.69, 9.17) is 10.6 Å². The van der Waals surface area contributed by atoms with E-state index in [1.165, 1.54) is 18.2 Å². The van der Waals surface area contributed by atoms with Crippen molar-refractivity contribution in [3.8, 4) is 0 Å². The Balaban J connectivity index is 3.09. The Labute approximate surface area is 123 Å². The third kappa shape index (κ3) is 3.89. The molecule has 0 aromatic heterocycles. The third-order valence-electron chi connectivity index (χ3n) is 3.14. The standard InChI is InChI=1S/C13H20N4O4/c1-4-16(9(2)8-21-3)13(18)10-5-6-12(17(19)20)11(7-10)15-14/h5-7,9,15H,4,8,14H2,1-3H3. The lowest BCUT2D eigenvalue weighted by Gasteiger charge is -2.27. The van der Waals surface area contributed by atoms with Gasteiger partial charge in [-0.05, 0) is 26.0 Å². The first-order valence-corrected chi connectivity index (χ1v) is 6.51. The quantitative estimate of drug-likeness (QED) is 0.446. The van der Waals surface area contributed by atoms with Crippen molar-refractivity contribution >= 4 is 17.3 Å². The molecule has 3 N–H and O–H groups in total. The van der Waals surface area contributed by atoms with E-state index in [9.17, 15) is 14.9 Å². The van der Waals surface area contributed by atoms with Gasteiger partial charge in [0.05, 0.1) is 17.6 Å². The minimum atomic E-state index is -0.561. The first-order valence-electron chi connectivity index (χ1n) is 6.51. The van der Waals surface area contributed by atoms with Crippen LogP contribution in [0.1, 0.15) is 24.2 Å². The second kappa shape index (κ2) is 7.55. The summed E-state index contributed by atoms with van der Waals surface area (Å²) in [5, 5.41) is 10.8. The van der Waals surface area contributed by atoms with Crippen molar-refractivity contribution in [3.63, 3.8) is 0 Å². The number of methoxy groups -OCH3 is 1. The van der Waals surface area contributed by atoms with E-state index in [-0.39, 0.29) is 23.3 Å².